The second-order valence-corrected chi connectivity index (χ2v) is 6.48. The molecule has 1 aliphatic carbocycles. The Hall–Kier alpha value is -2.44. The van der Waals surface area contributed by atoms with Gasteiger partial charge in [-0.2, -0.15) is 0 Å². The minimum absolute atomic E-state index is 0.0859. The van der Waals surface area contributed by atoms with Crippen LogP contribution >= 0.6 is 0 Å². The Balaban J connectivity index is 1.65. The van der Waals surface area contributed by atoms with Crippen molar-refractivity contribution in [2.24, 2.45) is 5.92 Å². The maximum atomic E-state index is 12.7. The molecule has 1 amide bonds. The fraction of sp³-hybridized carbons (Fsp3) is 0.529. The molecule has 2 aromatic rings. The van der Waals surface area contributed by atoms with Gasteiger partial charge in [-0.15, -0.1) is 10.2 Å². The third kappa shape index (κ3) is 3.72. The van der Waals surface area contributed by atoms with Crippen molar-refractivity contribution in [3.63, 3.8) is 0 Å². The number of nitrogens with zero attached hydrogens (tertiary/aromatic N) is 5. The molecule has 7 nitrogen and oxygen atoms in total. The van der Waals surface area contributed by atoms with Gasteiger partial charge < -0.3 is 10.2 Å². The number of amides is 1. The molecule has 1 aliphatic rings. The number of carbonyl (C=O) groups is 1. The molecule has 0 aliphatic heterocycles. The molecule has 2 atom stereocenters. The zero-order valence-corrected chi connectivity index (χ0v) is 14.2. The topological polar surface area (TPSA) is 75.9 Å². The van der Waals surface area contributed by atoms with E-state index in [-0.39, 0.29) is 12.5 Å². The number of hydrogen-bond acceptors (Lipinski definition) is 5. The summed E-state index contributed by atoms with van der Waals surface area (Å²) in [5.41, 5.74) is 0.813. The Labute approximate surface area is 142 Å². The Morgan fingerprint density at radius 2 is 2.25 bits per heavy atom. The van der Waals surface area contributed by atoms with E-state index in [1.807, 2.05) is 24.1 Å². The molecule has 0 spiro atoms. The molecule has 0 saturated heterocycles. The summed E-state index contributed by atoms with van der Waals surface area (Å²) in [4.78, 5) is 18.6. The number of aromatic nitrogens is 4. The van der Waals surface area contributed by atoms with Crippen molar-refractivity contribution in [1.29, 1.82) is 0 Å². The van der Waals surface area contributed by atoms with Crippen molar-refractivity contribution in [3.8, 4) is 0 Å². The summed E-state index contributed by atoms with van der Waals surface area (Å²) >= 11 is 0. The molecular formula is C17H24N6O. The third-order valence-corrected chi connectivity index (χ3v) is 4.80. The van der Waals surface area contributed by atoms with Crippen molar-refractivity contribution in [3.05, 3.63) is 30.9 Å². The van der Waals surface area contributed by atoms with Gasteiger partial charge in [-0.3, -0.25) is 14.3 Å². The van der Waals surface area contributed by atoms with Gasteiger partial charge >= 0.3 is 0 Å². The summed E-state index contributed by atoms with van der Waals surface area (Å²) in [5.74, 6) is 1.19. The Kier molecular flexibility index (Phi) is 5.08. The van der Waals surface area contributed by atoms with Crippen molar-refractivity contribution >= 4 is 17.5 Å². The lowest BCUT2D eigenvalue weighted by atomic mass is 9.85. The number of nitrogens with one attached hydrogen (secondary N) is 1. The van der Waals surface area contributed by atoms with Crippen LogP contribution in [0.2, 0.25) is 0 Å². The summed E-state index contributed by atoms with van der Waals surface area (Å²) in [7, 11) is 1.91. The van der Waals surface area contributed by atoms with Crippen LogP contribution in [0.5, 0.6) is 0 Å². The predicted octanol–water partition coefficient (Wildman–Crippen LogP) is 2.45. The van der Waals surface area contributed by atoms with Gasteiger partial charge in [-0.25, -0.2) is 0 Å². The molecule has 7 heteroatoms. The van der Waals surface area contributed by atoms with Crippen LogP contribution in [0.1, 0.15) is 32.6 Å². The van der Waals surface area contributed by atoms with Crippen LogP contribution in [0.3, 0.4) is 0 Å². The second-order valence-electron chi connectivity index (χ2n) is 6.48. The maximum absolute atomic E-state index is 12.7. The number of likely N-dealkylation sites (N-methyl/N-ethyl adjacent to an activating group) is 1. The van der Waals surface area contributed by atoms with Gasteiger partial charge in [0, 0.05) is 19.3 Å². The van der Waals surface area contributed by atoms with Crippen LogP contribution < -0.4 is 5.32 Å². The molecule has 2 heterocycles. The molecule has 0 bridgehead atoms. The van der Waals surface area contributed by atoms with Crippen molar-refractivity contribution in [1.82, 2.24) is 24.6 Å². The maximum Gasteiger partial charge on any atom is 0.242 e. The zero-order chi connectivity index (χ0) is 16.9. The van der Waals surface area contributed by atoms with E-state index in [4.69, 9.17) is 0 Å². The van der Waals surface area contributed by atoms with E-state index in [0.717, 1.165) is 12.1 Å². The average Bonchev–Trinajstić information content (AvgIpc) is 3.02. The molecule has 1 saturated carbocycles. The number of hydrogen-bond donors (Lipinski definition) is 1. The summed E-state index contributed by atoms with van der Waals surface area (Å²) in [6.07, 6.45) is 9.75. The molecule has 1 N–H and O–H groups in total. The molecule has 24 heavy (non-hydrogen) atoms. The van der Waals surface area contributed by atoms with E-state index in [2.05, 4.69) is 27.4 Å². The van der Waals surface area contributed by atoms with Crippen LogP contribution in [-0.4, -0.2) is 43.6 Å². The lowest BCUT2D eigenvalue weighted by molar-refractivity contribution is -0.134. The number of rotatable bonds is 5. The fourth-order valence-electron chi connectivity index (χ4n) is 3.35. The van der Waals surface area contributed by atoms with E-state index in [1.54, 1.807) is 23.3 Å². The molecule has 128 valence electrons. The van der Waals surface area contributed by atoms with Gasteiger partial charge in [0.2, 0.25) is 11.9 Å². The normalized spacial score (nSPS) is 20.6. The van der Waals surface area contributed by atoms with Gasteiger partial charge in [0.05, 0.1) is 11.9 Å². The number of pyridine rings is 1. The molecule has 1 fully saturated rings. The highest BCUT2D eigenvalue weighted by Gasteiger charge is 2.28. The lowest BCUT2D eigenvalue weighted by Gasteiger charge is -2.36. The molecule has 3 rings (SSSR count). The molecular weight excluding hydrogens is 304 g/mol. The monoisotopic (exact) mass is 328 g/mol. The smallest absolute Gasteiger partial charge is 0.242 e. The largest absolute Gasteiger partial charge is 0.341 e. The summed E-state index contributed by atoms with van der Waals surface area (Å²) < 4.78 is 1.74. The SMILES string of the molecule is CC1CCCCC1N(C)C(=O)Cn1cnnc1Nc1cccnc1. The molecule has 2 aromatic heterocycles. The van der Waals surface area contributed by atoms with Crippen molar-refractivity contribution in [2.75, 3.05) is 12.4 Å². The highest BCUT2D eigenvalue weighted by atomic mass is 16.2. The van der Waals surface area contributed by atoms with E-state index >= 15 is 0 Å². The first-order valence-electron chi connectivity index (χ1n) is 8.45. The van der Waals surface area contributed by atoms with Gasteiger partial charge in [0.25, 0.3) is 0 Å². The van der Waals surface area contributed by atoms with E-state index in [9.17, 15) is 4.79 Å². The summed E-state index contributed by atoms with van der Waals surface area (Å²) in [5, 5.41) is 11.1. The fourth-order valence-corrected chi connectivity index (χ4v) is 3.35. The first kappa shape index (κ1) is 16.4. The first-order chi connectivity index (χ1) is 11.6. The third-order valence-electron chi connectivity index (χ3n) is 4.80. The standard InChI is InChI=1S/C17H24N6O/c1-13-6-3-4-8-15(13)22(2)16(24)11-23-12-19-21-17(23)20-14-7-5-9-18-10-14/h5,7,9-10,12-13,15H,3-4,6,8,11H2,1-2H3,(H,20,21). The molecule has 2 unspecified atom stereocenters. The van der Waals surface area contributed by atoms with Gasteiger partial charge in [0.1, 0.15) is 12.9 Å². The minimum atomic E-state index is 0.0859. The number of anilines is 2. The van der Waals surface area contributed by atoms with Crippen molar-refractivity contribution < 1.29 is 4.79 Å². The van der Waals surface area contributed by atoms with Crippen LogP contribution in [0.15, 0.2) is 30.9 Å². The minimum Gasteiger partial charge on any atom is -0.341 e. The second kappa shape index (κ2) is 7.42. The highest BCUT2D eigenvalue weighted by Crippen LogP contribution is 2.27. The first-order valence-corrected chi connectivity index (χ1v) is 8.45. The summed E-state index contributed by atoms with van der Waals surface area (Å²) in [6, 6.07) is 4.06. The van der Waals surface area contributed by atoms with Crippen LogP contribution in [0.4, 0.5) is 11.6 Å². The zero-order valence-electron chi connectivity index (χ0n) is 14.2. The number of carbonyl (C=O) groups excluding carboxylic acids is 1. The predicted molar refractivity (Wildman–Crippen MR) is 91.7 cm³/mol. The van der Waals surface area contributed by atoms with Gasteiger partial charge in [-0.1, -0.05) is 19.8 Å². The Morgan fingerprint density at radius 1 is 1.42 bits per heavy atom. The average molecular weight is 328 g/mol. The Bertz CT molecular complexity index is 671. The van der Waals surface area contributed by atoms with Crippen LogP contribution in [0.25, 0.3) is 0 Å². The van der Waals surface area contributed by atoms with Crippen LogP contribution in [-0.2, 0) is 11.3 Å². The van der Waals surface area contributed by atoms with E-state index in [1.165, 1.54) is 19.3 Å². The van der Waals surface area contributed by atoms with E-state index < -0.39 is 0 Å². The van der Waals surface area contributed by atoms with Gasteiger partial charge in [-0.05, 0) is 30.9 Å². The van der Waals surface area contributed by atoms with Crippen molar-refractivity contribution in [2.45, 2.75) is 45.2 Å². The molecule has 0 aromatic carbocycles. The Morgan fingerprint density at radius 3 is 3.00 bits per heavy atom. The van der Waals surface area contributed by atoms with Gasteiger partial charge in [0.15, 0.2) is 0 Å². The van der Waals surface area contributed by atoms with Crippen LogP contribution in [0, 0.1) is 5.92 Å². The van der Waals surface area contributed by atoms with E-state index in [0.29, 0.717) is 17.9 Å². The highest BCUT2D eigenvalue weighted by molar-refractivity contribution is 5.76. The summed E-state index contributed by atoms with van der Waals surface area (Å²) in [6.45, 7) is 2.47. The molecule has 0 radical (unpaired) electrons. The lowest BCUT2D eigenvalue weighted by Crippen LogP contribution is -2.44. The quantitative estimate of drug-likeness (QED) is 0.912.